The highest BCUT2D eigenvalue weighted by Crippen LogP contribution is 2.22. The average Bonchev–Trinajstić information content (AvgIpc) is 3.13. The number of carbonyl (C=O) groups is 2. The highest BCUT2D eigenvalue weighted by molar-refractivity contribution is 6.09. The minimum Gasteiger partial charge on any atom is -0.453 e. The van der Waals surface area contributed by atoms with Crippen molar-refractivity contribution >= 4 is 28.3 Å². The van der Waals surface area contributed by atoms with Gasteiger partial charge in [-0.05, 0) is 48.5 Å². The van der Waals surface area contributed by atoms with Gasteiger partial charge in [-0.3, -0.25) is 9.59 Å². The summed E-state index contributed by atoms with van der Waals surface area (Å²) in [4.78, 5) is 24.8. The van der Waals surface area contributed by atoms with Gasteiger partial charge in [0.1, 0.15) is 5.58 Å². The molecule has 4 heteroatoms. The second-order valence-corrected chi connectivity index (χ2v) is 5.88. The standard InChI is InChI=1S/C22H15NO3/c24-21(20-14-17-8-4-5-9-19(17)26-20)15-10-12-18(13-11-15)23-22(25)16-6-2-1-3-7-16/h1-14H,(H,23,25). The van der Waals surface area contributed by atoms with Crippen molar-refractivity contribution in [3.63, 3.8) is 0 Å². The SMILES string of the molecule is O=C(Nc1ccc(C(=O)c2cc3ccccc3o2)cc1)c1ccccc1. The number of ketones is 1. The first kappa shape index (κ1) is 15.8. The van der Waals surface area contributed by atoms with Crippen LogP contribution in [0.4, 0.5) is 5.69 Å². The van der Waals surface area contributed by atoms with E-state index in [-0.39, 0.29) is 11.7 Å². The second-order valence-electron chi connectivity index (χ2n) is 5.88. The number of carbonyl (C=O) groups excluding carboxylic acids is 2. The van der Waals surface area contributed by atoms with Crippen LogP contribution in [-0.4, -0.2) is 11.7 Å². The zero-order valence-electron chi connectivity index (χ0n) is 13.8. The molecule has 0 aliphatic heterocycles. The van der Waals surface area contributed by atoms with E-state index in [1.807, 2.05) is 42.5 Å². The molecule has 1 N–H and O–H groups in total. The number of hydrogen-bond donors (Lipinski definition) is 1. The first-order valence-corrected chi connectivity index (χ1v) is 8.20. The molecule has 0 bridgehead atoms. The number of fused-ring (bicyclic) bond motifs is 1. The van der Waals surface area contributed by atoms with Gasteiger partial charge in [0.2, 0.25) is 5.78 Å². The molecular weight excluding hydrogens is 326 g/mol. The Bertz CT molecular complexity index is 1050. The van der Waals surface area contributed by atoms with Gasteiger partial charge in [-0.1, -0.05) is 36.4 Å². The fraction of sp³-hybridized carbons (Fsp3) is 0. The largest absolute Gasteiger partial charge is 0.453 e. The molecule has 4 rings (SSSR count). The van der Waals surface area contributed by atoms with Gasteiger partial charge in [-0.25, -0.2) is 0 Å². The van der Waals surface area contributed by atoms with Crippen LogP contribution in [0.1, 0.15) is 26.5 Å². The third kappa shape index (κ3) is 3.13. The second kappa shape index (κ2) is 6.69. The molecule has 0 aliphatic rings. The summed E-state index contributed by atoms with van der Waals surface area (Å²) in [5.74, 6) is -0.0867. The third-order valence-corrected chi connectivity index (χ3v) is 4.09. The zero-order valence-corrected chi connectivity index (χ0v) is 13.8. The summed E-state index contributed by atoms with van der Waals surface area (Å²) in [6, 6.07) is 25.0. The van der Waals surface area contributed by atoms with E-state index in [1.54, 1.807) is 42.5 Å². The van der Waals surface area contributed by atoms with Crippen molar-refractivity contribution in [1.82, 2.24) is 0 Å². The van der Waals surface area contributed by atoms with Crippen LogP contribution in [0, 0.1) is 0 Å². The number of anilines is 1. The number of benzene rings is 3. The monoisotopic (exact) mass is 341 g/mol. The van der Waals surface area contributed by atoms with Crippen molar-refractivity contribution in [1.29, 1.82) is 0 Å². The van der Waals surface area contributed by atoms with Crippen molar-refractivity contribution in [2.75, 3.05) is 5.32 Å². The van der Waals surface area contributed by atoms with E-state index in [9.17, 15) is 9.59 Å². The van der Waals surface area contributed by atoms with Crippen molar-refractivity contribution < 1.29 is 14.0 Å². The van der Waals surface area contributed by atoms with Crippen LogP contribution >= 0.6 is 0 Å². The lowest BCUT2D eigenvalue weighted by atomic mass is 10.1. The Labute approximate surface area is 150 Å². The summed E-state index contributed by atoms with van der Waals surface area (Å²) >= 11 is 0. The van der Waals surface area contributed by atoms with Crippen LogP contribution in [0.5, 0.6) is 0 Å². The molecule has 1 aromatic heterocycles. The fourth-order valence-corrected chi connectivity index (χ4v) is 2.73. The quantitative estimate of drug-likeness (QED) is 0.536. The van der Waals surface area contributed by atoms with E-state index in [4.69, 9.17) is 4.42 Å². The van der Waals surface area contributed by atoms with Crippen LogP contribution in [0.2, 0.25) is 0 Å². The summed E-state index contributed by atoms with van der Waals surface area (Å²) in [5.41, 5.74) is 2.39. The van der Waals surface area contributed by atoms with Gasteiger partial charge in [0.05, 0.1) is 0 Å². The lowest BCUT2D eigenvalue weighted by Gasteiger charge is -2.06. The topological polar surface area (TPSA) is 59.3 Å². The lowest BCUT2D eigenvalue weighted by Crippen LogP contribution is -2.11. The zero-order chi connectivity index (χ0) is 17.9. The molecule has 1 amide bonds. The molecule has 0 spiro atoms. The van der Waals surface area contributed by atoms with Crippen LogP contribution in [-0.2, 0) is 0 Å². The number of amides is 1. The predicted octanol–water partition coefficient (Wildman–Crippen LogP) is 4.92. The maximum atomic E-state index is 12.6. The molecule has 126 valence electrons. The first-order chi connectivity index (χ1) is 12.7. The predicted molar refractivity (Wildman–Crippen MR) is 100 cm³/mol. The molecule has 3 aromatic carbocycles. The summed E-state index contributed by atoms with van der Waals surface area (Å²) in [6.45, 7) is 0. The molecule has 26 heavy (non-hydrogen) atoms. The summed E-state index contributed by atoms with van der Waals surface area (Å²) < 4.78 is 5.62. The van der Waals surface area contributed by atoms with Gasteiger partial charge < -0.3 is 9.73 Å². The van der Waals surface area contributed by atoms with Crippen LogP contribution in [0.3, 0.4) is 0 Å². The normalized spacial score (nSPS) is 10.6. The van der Waals surface area contributed by atoms with Gasteiger partial charge in [0.25, 0.3) is 5.91 Å². The summed E-state index contributed by atoms with van der Waals surface area (Å²) in [6.07, 6.45) is 0. The molecule has 0 saturated heterocycles. The van der Waals surface area contributed by atoms with E-state index in [1.165, 1.54) is 0 Å². The number of nitrogens with one attached hydrogen (secondary N) is 1. The van der Waals surface area contributed by atoms with E-state index >= 15 is 0 Å². The molecule has 0 fully saturated rings. The Morgan fingerprint density at radius 1 is 0.731 bits per heavy atom. The van der Waals surface area contributed by atoms with Crippen molar-refractivity contribution in [2.45, 2.75) is 0 Å². The van der Waals surface area contributed by atoms with Gasteiger partial charge in [0.15, 0.2) is 5.76 Å². The smallest absolute Gasteiger partial charge is 0.255 e. The van der Waals surface area contributed by atoms with Crippen LogP contribution < -0.4 is 5.32 Å². The van der Waals surface area contributed by atoms with E-state index in [2.05, 4.69) is 5.32 Å². The molecule has 0 aliphatic carbocycles. The number of furan rings is 1. The highest BCUT2D eigenvalue weighted by Gasteiger charge is 2.14. The first-order valence-electron chi connectivity index (χ1n) is 8.20. The number of hydrogen-bond acceptors (Lipinski definition) is 3. The molecular formula is C22H15NO3. The van der Waals surface area contributed by atoms with Gasteiger partial charge in [-0.2, -0.15) is 0 Å². The minimum absolute atomic E-state index is 0.192. The molecule has 0 unspecified atom stereocenters. The third-order valence-electron chi connectivity index (χ3n) is 4.09. The maximum Gasteiger partial charge on any atom is 0.255 e. The van der Waals surface area contributed by atoms with Crippen molar-refractivity contribution in [2.24, 2.45) is 0 Å². The Balaban J connectivity index is 1.52. The van der Waals surface area contributed by atoms with Crippen molar-refractivity contribution in [3.8, 4) is 0 Å². The van der Waals surface area contributed by atoms with E-state index in [0.29, 0.717) is 28.2 Å². The van der Waals surface area contributed by atoms with Gasteiger partial charge in [-0.15, -0.1) is 0 Å². The number of para-hydroxylation sites is 1. The van der Waals surface area contributed by atoms with Gasteiger partial charge >= 0.3 is 0 Å². The lowest BCUT2D eigenvalue weighted by molar-refractivity contribution is 0.101. The average molecular weight is 341 g/mol. The molecule has 0 radical (unpaired) electrons. The number of rotatable bonds is 4. The van der Waals surface area contributed by atoms with E-state index < -0.39 is 0 Å². The van der Waals surface area contributed by atoms with Crippen molar-refractivity contribution in [3.05, 3.63) is 102 Å². The van der Waals surface area contributed by atoms with E-state index in [0.717, 1.165) is 5.39 Å². The summed E-state index contributed by atoms with van der Waals surface area (Å²) in [5, 5.41) is 3.70. The maximum absolute atomic E-state index is 12.6. The van der Waals surface area contributed by atoms with Crippen LogP contribution in [0.15, 0.2) is 89.3 Å². The molecule has 0 atom stereocenters. The Morgan fingerprint density at radius 2 is 1.42 bits per heavy atom. The molecule has 4 nitrogen and oxygen atoms in total. The van der Waals surface area contributed by atoms with Gasteiger partial charge in [0, 0.05) is 22.2 Å². The summed E-state index contributed by atoms with van der Waals surface area (Å²) in [7, 11) is 0. The Hall–Kier alpha value is -3.66. The molecule has 0 saturated carbocycles. The van der Waals surface area contributed by atoms with Crippen LogP contribution in [0.25, 0.3) is 11.0 Å². The Morgan fingerprint density at radius 3 is 2.15 bits per heavy atom. The minimum atomic E-state index is -0.193. The molecule has 4 aromatic rings. The fourth-order valence-electron chi connectivity index (χ4n) is 2.73. The molecule has 1 heterocycles. The highest BCUT2D eigenvalue weighted by atomic mass is 16.3. The Kier molecular flexibility index (Phi) is 4.07.